The van der Waals surface area contributed by atoms with E-state index in [0.29, 0.717) is 6.04 Å². The SMILES string of the molecule is CN1CCC(N(C)Cc2cc(N)ccn2)CC1. The van der Waals surface area contributed by atoms with Crippen LogP contribution in [-0.2, 0) is 6.54 Å². The van der Waals surface area contributed by atoms with E-state index in [1.54, 1.807) is 6.20 Å². The average molecular weight is 234 g/mol. The Bertz CT molecular complexity index is 358. The maximum atomic E-state index is 5.77. The molecule has 1 aliphatic heterocycles. The normalized spacial score (nSPS) is 18.8. The van der Waals surface area contributed by atoms with Crippen molar-refractivity contribution in [3.05, 3.63) is 24.0 Å². The van der Waals surface area contributed by atoms with Crippen molar-refractivity contribution in [3.63, 3.8) is 0 Å². The van der Waals surface area contributed by atoms with Gasteiger partial charge < -0.3 is 10.6 Å². The van der Waals surface area contributed by atoms with E-state index in [-0.39, 0.29) is 0 Å². The topological polar surface area (TPSA) is 45.4 Å². The fraction of sp³-hybridized carbons (Fsp3) is 0.615. The first-order valence-electron chi connectivity index (χ1n) is 6.24. The Morgan fingerprint density at radius 2 is 2.18 bits per heavy atom. The number of nitrogens with two attached hydrogens (primary N) is 1. The van der Waals surface area contributed by atoms with Gasteiger partial charge in [0.25, 0.3) is 0 Å². The Morgan fingerprint density at radius 3 is 2.82 bits per heavy atom. The lowest BCUT2D eigenvalue weighted by Gasteiger charge is -2.34. The molecule has 4 heteroatoms. The molecule has 1 aliphatic rings. The van der Waals surface area contributed by atoms with Crippen molar-refractivity contribution in [1.82, 2.24) is 14.8 Å². The fourth-order valence-corrected chi connectivity index (χ4v) is 2.40. The van der Waals surface area contributed by atoms with Gasteiger partial charge in [0.05, 0.1) is 5.69 Å². The standard InChI is InChI=1S/C13H22N4/c1-16-7-4-13(5-8-16)17(2)10-12-9-11(14)3-6-15-12/h3,6,9,13H,4-5,7-8,10H2,1-2H3,(H2,14,15). The monoisotopic (exact) mass is 234 g/mol. The van der Waals surface area contributed by atoms with Crippen LogP contribution in [0.25, 0.3) is 0 Å². The molecule has 4 nitrogen and oxygen atoms in total. The maximum Gasteiger partial charge on any atom is 0.0564 e. The average Bonchev–Trinajstić information content (AvgIpc) is 2.29. The predicted molar refractivity (Wildman–Crippen MR) is 70.6 cm³/mol. The van der Waals surface area contributed by atoms with Crippen molar-refractivity contribution in [2.75, 3.05) is 32.9 Å². The highest BCUT2D eigenvalue weighted by Gasteiger charge is 2.20. The largest absolute Gasteiger partial charge is 0.399 e. The summed E-state index contributed by atoms with van der Waals surface area (Å²) in [5.74, 6) is 0. The van der Waals surface area contributed by atoms with Crippen molar-refractivity contribution in [2.45, 2.75) is 25.4 Å². The molecule has 0 aliphatic carbocycles. The lowest BCUT2D eigenvalue weighted by atomic mass is 10.0. The highest BCUT2D eigenvalue weighted by molar-refractivity contribution is 5.37. The molecule has 1 aromatic rings. The van der Waals surface area contributed by atoms with Crippen molar-refractivity contribution in [1.29, 1.82) is 0 Å². The van der Waals surface area contributed by atoms with Gasteiger partial charge in [0.2, 0.25) is 0 Å². The summed E-state index contributed by atoms with van der Waals surface area (Å²) >= 11 is 0. The summed E-state index contributed by atoms with van der Waals surface area (Å²) in [5.41, 5.74) is 7.63. The minimum atomic E-state index is 0.675. The van der Waals surface area contributed by atoms with E-state index in [2.05, 4.69) is 28.9 Å². The van der Waals surface area contributed by atoms with Gasteiger partial charge in [0, 0.05) is 24.5 Å². The molecule has 1 saturated heterocycles. The van der Waals surface area contributed by atoms with Gasteiger partial charge in [0.1, 0.15) is 0 Å². The number of anilines is 1. The number of nitrogen functional groups attached to an aromatic ring is 1. The molecule has 2 rings (SSSR count). The van der Waals surface area contributed by atoms with Crippen molar-refractivity contribution in [2.24, 2.45) is 0 Å². The van der Waals surface area contributed by atoms with Crippen LogP contribution in [0.2, 0.25) is 0 Å². The molecule has 2 heterocycles. The summed E-state index contributed by atoms with van der Waals surface area (Å²) in [6, 6.07) is 4.47. The lowest BCUT2D eigenvalue weighted by Crippen LogP contribution is -2.41. The van der Waals surface area contributed by atoms with E-state index < -0.39 is 0 Å². The van der Waals surface area contributed by atoms with Crippen LogP contribution in [0.1, 0.15) is 18.5 Å². The Morgan fingerprint density at radius 1 is 1.47 bits per heavy atom. The summed E-state index contributed by atoms with van der Waals surface area (Å²) in [7, 11) is 4.37. The molecule has 0 unspecified atom stereocenters. The molecule has 2 N–H and O–H groups in total. The van der Waals surface area contributed by atoms with Crippen LogP contribution in [0, 0.1) is 0 Å². The van der Waals surface area contributed by atoms with E-state index in [0.717, 1.165) is 17.9 Å². The second-order valence-corrected chi connectivity index (χ2v) is 5.03. The first-order valence-corrected chi connectivity index (χ1v) is 6.24. The minimum absolute atomic E-state index is 0.675. The Labute approximate surface area is 103 Å². The van der Waals surface area contributed by atoms with Crippen molar-refractivity contribution >= 4 is 5.69 Å². The highest BCUT2D eigenvalue weighted by atomic mass is 15.2. The third-order valence-electron chi connectivity index (χ3n) is 3.56. The van der Waals surface area contributed by atoms with Gasteiger partial charge >= 0.3 is 0 Å². The Kier molecular flexibility index (Phi) is 3.97. The molecule has 1 aromatic heterocycles. The third-order valence-corrected chi connectivity index (χ3v) is 3.56. The van der Waals surface area contributed by atoms with Gasteiger partial charge in [0.15, 0.2) is 0 Å². The Hall–Kier alpha value is -1.13. The molecule has 94 valence electrons. The second kappa shape index (κ2) is 5.47. The van der Waals surface area contributed by atoms with E-state index >= 15 is 0 Å². The van der Waals surface area contributed by atoms with Gasteiger partial charge in [-0.05, 0) is 52.2 Å². The minimum Gasteiger partial charge on any atom is -0.399 e. The molecule has 0 aromatic carbocycles. The number of hydrogen-bond acceptors (Lipinski definition) is 4. The number of piperidine rings is 1. The number of nitrogens with zero attached hydrogens (tertiary/aromatic N) is 3. The van der Waals surface area contributed by atoms with Gasteiger partial charge in [-0.3, -0.25) is 9.88 Å². The summed E-state index contributed by atoms with van der Waals surface area (Å²) in [6.07, 6.45) is 4.28. The van der Waals surface area contributed by atoms with Crippen LogP contribution in [0.5, 0.6) is 0 Å². The molecule has 0 atom stereocenters. The van der Waals surface area contributed by atoms with Gasteiger partial charge in [-0.15, -0.1) is 0 Å². The fourth-order valence-electron chi connectivity index (χ4n) is 2.40. The lowest BCUT2D eigenvalue weighted by molar-refractivity contribution is 0.138. The van der Waals surface area contributed by atoms with E-state index in [4.69, 9.17) is 5.73 Å². The number of likely N-dealkylation sites (tertiary alicyclic amines) is 1. The van der Waals surface area contributed by atoms with E-state index in [1.165, 1.54) is 25.9 Å². The molecule has 0 radical (unpaired) electrons. The van der Waals surface area contributed by atoms with Crippen LogP contribution < -0.4 is 5.73 Å². The molecular formula is C13H22N4. The summed E-state index contributed by atoms with van der Waals surface area (Å²) in [5, 5.41) is 0. The molecule has 0 amide bonds. The van der Waals surface area contributed by atoms with Crippen LogP contribution in [-0.4, -0.2) is 48.0 Å². The molecule has 1 fully saturated rings. The van der Waals surface area contributed by atoms with Crippen LogP contribution >= 0.6 is 0 Å². The number of pyridine rings is 1. The summed E-state index contributed by atoms with van der Waals surface area (Å²) in [6.45, 7) is 3.28. The molecule has 0 saturated carbocycles. The van der Waals surface area contributed by atoms with Gasteiger partial charge in [-0.2, -0.15) is 0 Å². The van der Waals surface area contributed by atoms with Gasteiger partial charge in [-0.1, -0.05) is 0 Å². The van der Waals surface area contributed by atoms with E-state index in [9.17, 15) is 0 Å². The van der Waals surface area contributed by atoms with Crippen LogP contribution in [0.4, 0.5) is 5.69 Å². The van der Waals surface area contributed by atoms with Gasteiger partial charge in [-0.25, -0.2) is 0 Å². The quantitative estimate of drug-likeness (QED) is 0.853. The first-order chi connectivity index (χ1) is 8.15. The van der Waals surface area contributed by atoms with Crippen molar-refractivity contribution < 1.29 is 0 Å². The van der Waals surface area contributed by atoms with Crippen LogP contribution in [0.15, 0.2) is 18.3 Å². The summed E-state index contributed by atoms with van der Waals surface area (Å²) in [4.78, 5) is 9.15. The molecule has 17 heavy (non-hydrogen) atoms. The highest BCUT2D eigenvalue weighted by Crippen LogP contribution is 2.16. The first kappa shape index (κ1) is 12.3. The Balaban J connectivity index is 1.90. The molecular weight excluding hydrogens is 212 g/mol. The number of aromatic nitrogens is 1. The maximum absolute atomic E-state index is 5.77. The third kappa shape index (κ3) is 3.41. The number of hydrogen-bond donors (Lipinski definition) is 1. The zero-order valence-electron chi connectivity index (χ0n) is 10.8. The number of rotatable bonds is 3. The second-order valence-electron chi connectivity index (χ2n) is 5.03. The smallest absolute Gasteiger partial charge is 0.0564 e. The zero-order chi connectivity index (χ0) is 12.3. The molecule has 0 spiro atoms. The van der Waals surface area contributed by atoms with E-state index in [1.807, 2.05) is 12.1 Å². The molecule has 0 bridgehead atoms. The summed E-state index contributed by atoms with van der Waals surface area (Å²) < 4.78 is 0. The van der Waals surface area contributed by atoms with Crippen molar-refractivity contribution in [3.8, 4) is 0 Å². The zero-order valence-corrected chi connectivity index (χ0v) is 10.8. The predicted octanol–water partition coefficient (Wildman–Crippen LogP) is 1.19. The van der Waals surface area contributed by atoms with Crippen LogP contribution in [0.3, 0.4) is 0 Å².